The van der Waals surface area contributed by atoms with Gasteiger partial charge in [0.25, 0.3) is 0 Å². The van der Waals surface area contributed by atoms with Gasteiger partial charge in [0.2, 0.25) is 11.8 Å². The monoisotopic (exact) mass is 717 g/mol. The number of carboxylic acid groups (broad SMARTS) is 1. The Morgan fingerprint density at radius 1 is 0.938 bits per heavy atom. The Bertz CT molecular complexity index is 1640. The standard InChI is InChI=1S/C38H48BrN5O4/c1-23(2)34(42(6)37(47)48)36(46)43-21-7-8-33(43)35(45)41-30-22-25(11-18-29(30)40)32-20-19-31(24-9-14-27(39)15-10-24)44(32)28-16-12-26(13-17-28)38(3,4)5/h9-18,22-23,31-34H,7-8,19-21,40H2,1-6H3,(H,41,45)(H,47,48)/t31?,32?,33-,34-/m0/s1. The van der Waals surface area contributed by atoms with Crippen LogP contribution in [-0.2, 0) is 15.0 Å². The third kappa shape index (κ3) is 7.33. The predicted octanol–water partition coefficient (Wildman–Crippen LogP) is 7.98. The molecule has 2 aliphatic rings. The van der Waals surface area contributed by atoms with Crippen molar-refractivity contribution in [2.75, 3.05) is 29.5 Å². The number of likely N-dealkylation sites (tertiary alicyclic amines) is 1. The molecule has 10 heteroatoms. The number of nitrogen functional groups attached to an aromatic ring is 1. The van der Waals surface area contributed by atoms with Gasteiger partial charge in [-0.2, -0.15) is 0 Å². The number of benzene rings is 3. The highest BCUT2D eigenvalue weighted by Crippen LogP contribution is 2.48. The lowest BCUT2D eigenvalue weighted by atomic mass is 9.87. The number of rotatable bonds is 8. The van der Waals surface area contributed by atoms with Crippen LogP contribution in [0.3, 0.4) is 0 Å². The number of hydrogen-bond acceptors (Lipinski definition) is 5. The van der Waals surface area contributed by atoms with Gasteiger partial charge in [0, 0.05) is 23.8 Å². The molecule has 2 aliphatic heterocycles. The van der Waals surface area contributed by atoms with Crippen LogP contribution in [0.1, 0.15) is 89.1 Å². The van der Waals surface area contributed by atoms with Crippen LogP contribution in [-0.4, -0.2) is 58.5 Å². The first-order valence-corrected chi connectivity index (χ1v) is 17.6. The van der Waals surface area contributed by atoms with E-state index in [2.05, 4.69) is 95.4 Å². The summed E-state index contributed by atoms with van der Waals surface area (Å²) in [4.78, 5) is 44.2. The SMILES string of the molecule is CC(C)[C@@H](C(=O)N1CCC[C@H]1C(=O)Nc1cc(C2CCC(c3ccc(Br)cc3)N2c2ccc(C(C)(C)C)cc2)ccc1N)N(C)C(=O)O. The van der Waals surface area contributed by atoms with E-state index in [4.69, 9.17) is 5.73 Å². The quantitative estimate of drug-likeness (QED) is 0.203. The molecule has 3 amide bonds. The maximum absolute atomic E-state index is 13.8. The molecule has 0 bridgehead atoms. The lowest BCUT2D eigenvalue weighted by Gasteiger charge is -2.34. The van der Waals surface area contributed by atoms with Crippen LogP contribution in [0, 0.1) is 5.92 Å². The molecule has 2 fully saturated rings. The zero-order chi connectivity index (χ0) is 34.9. The molecular formula is C38H48BrN5O4. The maximum Gasteiger partial charge on any atom is 0.407 e. The average Bonchev–Trinajstić information content (AvgIpc) is 3.70. The fraction of sp³-hybridized carbons (Fsp3) is 0.447. The largest absolute Gasteiger partial charge is 0.465 e. The summed E-state index contributed by atoms with van der Waals surface area (Å²) < 4.78 is 1.04. The second-order valence-corrected chi connectivity index (χ2v) is 15.4. The molecule has 3 aromatic carbocycles. The molecule has 4 atom stereocenters. The summed E-state index contributed by atoms with van der Waals surface area (Å²) in [5, 5.41) is 12.6. The van der Waals surface area contributed by atoms with E-state index in [1.165, 1.54) is 23.1 Å². The lowest BCUT2D eigenvalue weighted by Crippen LogP contribution is -2.54. The number of anilines is 3. The molecule has 9 nitrogen and oxygen atoms in total. The number of halogens is 1. The second-order valence-electron chi connectivity index (χ2n) is 14.5. The maximum atomic E-state index is 13.8. The molecule has 3 aromatic rings. The van der Waals surface area contributed by atoms with Crippen LogP contribution in [0.5, 0.6) is 0 Å². The molecule has 5 rings (SSSR count). The van der Waals surface area contributed by atoms with E-state index in [0.29, 0.717) is 30.8 Å². The van der Waals surface area contributed by atoms with Gasteiger partial charge in [0.05, 0.1) is 23.5 Å². The van der Waals surface area contributed by atoms with Gasteiger partial charge in [-0.15, -0.1) is 0 Å². The first kappa shape index (κ1) is 35.3. The third-order valence-corrected chi connectivity index (χ3v) is 10.4. The van der Waals surface area contributed by atoms with Crippen LogP contribution in [0.2, 0.25) is 0 Å². The Morgan fingerprint density at radius 3 is 2.12 bits per heavy atom. The summed E-state index contributed by atoms with van der Waals surface area (Å²) in [5.41, 5.74) is 12.1. The highest BCUT2D eigenvalue weighted by atomic mass is 79.9. The summed E-state index contributed by atoms with van der Waals surface area (Å²) >= 11 is 3.58. The van der Waals surface area contributed by atoms with E-state index < -0.39 is 18.2 Å². The van der Waals surface area contributed by atoms with E-state index >= 15 is 0 Å². The Hall–Kier alpha value is -4.05. The van der Waals surface area contributed by atoms with Crippen molar-refractivity contribution in [1.82, 2.24) is 9.80 Å². The van der Waals surface area contributed by atoms with E-state index in [1.54, 1.807) is 0 Å². The molecule has 0 aromatic heterocycles. The zero-order valence-corrected chi connectivity index (χ0v) is 30.3. The van der Waals surface area contributed by atoms with Crippen molar-refractivity contribution in [2.24, 2.45) is 5.92 Å². The van der Waals surface area contributed by atoms with Crippen molar-refractivity contribution >= 4 is 50.9 Å². The van der Waals surface area contributed by atoms with Gasteiger partial charge in [0.1, 0.15) is 12.1 Å². The summed E-state index contributed by atoms with van der Waals surface area (Å²) in [6.45, 7) is 10.7. The summed E-state index contributed by atoms with van der Waals surface area (Å²) in [5.74, 6) is -0.929. The Morgan fingerprint density at radius 2 is 1.54 bits per heavy atom. The molecule has 0 aliphatic carbocycles. The Kier molecular flexibility index (Phi) is 10.4. The average molecular weight is 719 g/mol. The predicted molar refractivity (Wildman–Crippen MR) is 195 cm³/mol. The number of carbonyl (C=O) groups is 3. The number of nitrogens with two attached hydrogens (primary N) is 1. The van der Waals surface area contributed by atoms with E-state index in [9.17, 15) is 19.5 Å². The molecule has 2 saturated heterocycles. The molecule has 0 saturated carbocycles. The summed E-state index contributed by atoms with van der Waals surface area (Å²) in [7, 11) is 1.40. The van der Waals surface area contributed by atoms with Crippen molar-refractivity contribution < 1.29 is 19.5 Å². The number of nitrogens with one attached hydrogen (secondary N) is 1. The molecule has 4 N–H and O–H groups in total. The number of amides is 3. The van der Waals surface area contributed by atoms with Crippen LogP contribution in [0.4, 0.5) is 21.9 Å². The number of carbonyl (C=O) groups excluding carboxylic acids is 2. The summed E-state index contributed by atoms with van der Waals surface area (Å²) in [6, 6.07) is 21.8. The first-order valence-electron chi connectivity index (χ1n) is 16.8. The first-order chi connectivity index (χ1) is 22.7. The highest BCUT2D eigenvalue weighted by molar-refractivity contribution is 9.10. The smallest absolute Gasteiger partial charge is 0.407 e. The van der Waals surface area contributed by atoms with Gasteiger partial charge >= 0.3 is 6.09 Å². The molecule has 48 heavy (non-hydrogen) atoms. The molecule has 2 unspecified atom stereocenters. The fourth-order valence-corrected chi connectivity index (χ4v) is 7.50. The molecule has 0 spiro atoms. The fourth-order valence-electron chi connectivity index (χ4n) is 7.24. The number of likely N-dealkylation sites (N-methyl/N-ethyl adjacent to an activating group) is 1. The van der Waals surface area contributed by atoms with Crippen LogP contribution in [0.25, 0.3) is 0 Å². The van der Waals surface area contributed by atoms with E-state index in [1.807, 2.05) is 32.0 Å². The highest BCUT2D eigenvalue weighted by Gasteiger charge is 2.41. The summed E-state index contributed by atoms with van der Waals surface area (Å²) in [6.07, 6.45) is 1.84. The van der Waals surface area contributed by atoms with Gasteiger partial charge in [0.15, 0.2) is 0 Å². The molecular weight excluding hydrogens is 670 g/mol. The molecule has 2 heterocycles. The van der Waals surface area contributed by atoms with Gasteiger partial charge in [-0.05, 0) is 90.1 Å². The van der Waals surface area contributed by atoms with E-state index in [0.717, 1.165) is 33.5 Å². The van der Waals surface area contributed by atoms with Crippen molar-refractivity contribution in [3.8, 4) is 0 Å². The van der Waals surface area contributed by atoms with E-state index in [-0.39, 0.29) is 35.2 Å². The van der Waals surface area contributed by atoms with Crippen molar-refractivity contribution in [1.29, 1.82) is 0 Å². The lowest BCUT2D eigenvalue weighted by molar-refractivity contribution is -0.141. The number of nitrogens with zero attached hydrogens (tertiary/aromatic N) is 3. The van der Waals surface area contributed by atoms with Gasteiger partial charge in [-0.3, -0.25) is 14.5 Å². The minimum Gasteiger partial charge on any atom is -0.465 e. The Balaban J connectivity index is 1.43. The normalized spacial score (nSPS) is 20.2. The Labute approximate surface area is 292 Å². The van der Waals surface area contributed by atoms with Crippen LogP contribution < -0.4 is 16.0 Å². The van der Waals surface area contributed by atoms with Crippen LogP contribution >= 0.6 is 15.9 Å². The minimum absolute atomic E-state index is 0.0401. The zero-order valence-electron chi connectivity index (χ0n) is 28.7. The van der Waals surface area contributed by atoms with Gasteiger partial charge in [-0.1, -0.05) is 80.9 Å². The van der Waals surface area contributed by atoms with Crippen LogP contribution in [0.15, 0.2) is 71.2 Å². The molecule has 0 radical (unpaired) electrons. The number of hydrogen-bond donors (Lipinski definition) is 3. The molecule has 256 valence electrons. The van der Waals surface area contributed by atoms with Crippen molar-refractivity contribution in [3.05, 3.63) is 87.9 Å². The van der Waals surface area contributed by atoms with Crippen molar-refractivity contribution in [3.63, 3.8) is 0 Å². The van der Waals surface area contributed by atoms with Gasteiger partial charge < -0.3 is 26.0 Å². The minimum atomic E-state index is -1.18. The topological polar surface area (TPSA) is 119 Å². The third-order valence-electron chi connectivity index (χ3n) is 9.83. The second kappa shape index (κ2) is 14.2. The van der Waals surface area contributed by atoms with Gasteiger partial charge in [-0.25, -0.2) is 4.79 Å². The van der Waals surface area contributed by atoms with Crippen molar-refractivity contribution in [2.45, 2.75) is 89.9 Å².